The summed E-state index contributed by atoms with van der Waals surface area (Å²) < 4.78 is 62.0. The van der Waals surface area contributed by atoms with Gasteiger partial charge in [0, 0.05) is 0 Å². The van der Waals surface area contributed by atoms with Crippen molar-refractivity contribution in [3.05, 3.63) is 251 Å². The van der Waals surface area contributed by atoms with Crippen LogP contribution in [0.4, 0.5) is 0 Å². The van der Waals surface area contributed by atoms with Gasteiger partial charge >= 0.3 is 41.8 Å². The Kier molecular flexibility index (Phi) is 18.0. The molecule has 0 bridgehead atoms. The molecule has 0 saturated carbocycles. The summed E-state index contributed by atoms with van der Waals surface area (Å²) in [6.45, 7) is -1.50. The largest absolute Gasteiger partial charge is 0.459 e. The number of ether oxygens (including phenoxy) is 10. The van der Waals surface area contributed by atoms with Gasteiger partial charge in [-0.2, -0.15) is 0 Å². The highest BCUT2D eigenvalue weighted by Crippen LogP contribution is 2.36. The lowest BCUT2D eigenvalue weighted by atomic mass is 9.95. The van der Waals surface area contributed by atoms with Gasteiger partial charge in [-0.1, -0.05) is 127 Å². The summed E-state index contributed by atoms with van der Waals surface area (Å²) in [4.78, 5) is 98.6. The van der Waals surface area contributed by atoms with E-state index in [1.807, 2.05) is 0 Å². The van der Waals surface area contributed by atoms with Crippen molar-refractivity contribution in [1.82, 2.24) is 0 Å². The molecule has 0 aliphatic carbocycles. The van der Waals surface area contributed by atoms with Crippen LogP contribution >= 0.6 is 0 Å². The second-order valence-electron chi connectivity index (χ2n) is 17.8. The molecule has 7 aromatic carbocycles. The zero-order valence-corrected chi connectivity index (χ0v) is 41.8. The topological polar surface area (TPSA) is 232 Å². The molecule has 18 nitrogen and oxygen atoms in total. The van der Waals surface area contributed by atoms with E-state index in [1.165, 1.54) is 84.9 Å². The number of aliphatic hydroxyl groups is 1. The van der Waals surface area contributed by atoms with Crippen LogP contribution in [0.3, 0.4) is 0 Å². The molecule has 402 valence electrons. The first-order chi connectivity index (χ1) is 38.5. The van der Waals surface area contributed by atoms with Crippen molar-refractivity contribution in [3.63, 3.8) is 0 Å². The van der Waals surface area contributed by atoms with E-state index >= 15 is 0 Å². The van der Waals surface area contributed by atoms with E-state index in [2.05, 4.69) is 0 Å². The van der Waals surface area contributed by atoms with E-state index in [1.54, 1.807) is 127 Å². The molecule has 0 aromatic heterocycles. The summed E-state index contributed by atoms with van der Waals surface area (Å²) in [6, 6.07) is 54.1. The predicted octanol–water partition coefficient (Wildman–Crippen LogP) is 7.66. The SMILES string of the molecule is O=C(OCC1OC(O)C(OC(=O)c2ccccc2)C(OC(=O)c2ccccc2)[C@@H]1O[C@@H]1OC(COC(=O)c2ccccc2)[C@H](OC(=O)c2ccccc2)[C@H](OC(=O)c2ccccc2)C1OC(=O)c1ccccc1)c1ccccc1. The van der Waals surface area contributed by atoms with Crippen LogP contribution in [-0.4, -0.2) is 122 Å². The maximum atomic E-state index is 14.5. The number of carbonyl (C=O) groups is 7. The maximum Gasteiger partial charge on any atom is 0.338 e. The Morgan fingerprint density at radius 2 is 0.557 bits per heavy atom. The minimum atomic E-state index is -2.12. The predicted molar refractivity (Wildman–Crippen MR) is 276 cm³/mol. The molecule has 2 heterocycles. The fourth-order valence-electron chi connectivity index (χ4n) is 8.59. The standard InChI is InChI=1S/C61H50O18/c62-53(38-22-8-1-9-23-38)70-36-45-48(49(75-56(65)41-28-14-4-15-29-41)51(60(69)72-45)77-58(67)43-32-18-6-19-33-43)79-61-52(78-59(68)44-34-20-7-21-35-44)50(76-57(66)42-30-16-5-17-31-42)47(74-55(64)40-26-12-3-13-27-40)46(73-61)37-71-54(63)39-24-10-2-11-25-39/h1-35,45-52,60-61,69H,36-37H2/t45?,46?,47-,48+,49?,50-,51?,52?,60?,61-/m0/s1. The molecule has 18 heteroatoms. The number of aliphatic hydroxyl groups excluding tert-OH is 1. The zero-order valence-electron chi connectivity index (χ0n) is 41.8. The Bertz CT molecular complexity index is 3170. The van der Waals surface area contributed by atoms with Gasteiger partial charge in [-0.05, 0) is 84.9 Å². The molecule has 9 rings (SSSR count). The van der Waals surface area contributed by atoms with Crippen molar-refractivity contribution in [1.29, 1.82) is 0 Å². The summed E-state index contributed by atoms with van der Waals surface area (Å²) in [5, 5.41) is 11.9. The van der Waals surface area contributed by atoms with Crippen molar-refractivity contribution >= 4 is 41.8 Å². The third-order valence-corrected chi connectivity index (χ3v) is 12.5. The van der Waals surface area contributed by atoms with Crippen LogP contribution < -0.4 is 0 Å². The van der Waals surface area contributed by atoms with Gasteiger partial charge in [0.1, 0.15) is 31.5 Å². The zero-order chi connectivity index (χ0) is 55.1. The Balaban J connectivity index is 1.18. The van der Waals surface area contributed by atoms with E-state index in [-0.39, 0.29) is 38.9 Å². The molecular weight excluding hydrogens is 1020 g/mol. The molecule has 1 N–H and O–H groups in total. The fraction of sp³-hybridized carbons (Fsp3) is 0.197. The summed E-state index contributed by atoms with van der Waals surface area (Å²) >= 11 is 0. The van der Waals surface area contributed by atoms with Gasteiger partial charge in [-0.15, -0.1) is 0 Å². The van der Waals surface area contributed by atoms with Gasteiger partial charge < -0.3 is 52.5 Å². The van der Waals surface area contributed by atoms with Crippen LogP contribution in [0.1, 0.15) is 72.5 Å². The first kappa shape index (κ1) is 54.5. The summed E-state index contributed by atoms with van der Waals surface area (Å²) in [5.74, 6) is -6.72. The van der Waals surface area contributed by atoms with Crippen LogP contribution in [0.25, 0.3) is 0 Å². The number of hydrogen-bond acceptors (Lipinski definition) is 18. The average molecular weight is 1070 g/mol. The molecule has 6 unspecified atom stereocenters. The van der Waals surface area contributed by atoms with Crippen LogP contribution in [0.2, 0.25) is 0 Å². The van der Waals surface area contributed by atoms with E-state index < -0.39 is 116 Å². The van der Waals surface area contributed by atoms with Crippen LogP contribution in [0.15, 0.2) is 212 Å². The number of rotatable bonds is 18. The van der Waals surface area contributed by atoms with Crippen molar-refractivity contribution in [2.75, 3.05) is 13.2 Å². The van der Waals surface area contributed by atoms with Crippen LogP contribution in [-0.2, 0) is 47.4 Å². The second kappa shape index (κ2) is 26.1. The van der Waals surface area contributed by atoms with Gasteiger partial charge in [0.05, 0.1) is 38.9 Å². The molecule has 79 heavy (non-hydrogen) atoms. The Morgan fingerprint density at radius 1 is 0.304 bits per heavy atom. The number of carbonyl (C=O) groups excluding carboxylic acids is 7. The lowest BCUT2D eigenvalue weighted by molar-refractivity contribution is -0.352. The van der Waals surface area contributed by atoms with E-state index in [0.29, 0.717) is 0 Å². The first-order valence-corrected chi connectivity index (χ1v) is 24.9. The summed E-state index contributed by atoms with van der Waals surface area (Å²) in [5.41, 5.74) is 0.298. The second-order valence-corrected chi connectivity index (χ2v) is 17.8. The molecule has 0 amide bonds. The summed E-state index contributed by atoms with van der Waals surface area (Å²) in [6.07, 6.45) is -19.0. The smallest absolute Gasteiger partial charge is 0.338 e. The lowest BCUT2D eigenvalue weighted by Gasteiger charge is -2.48. The molecule has 2 saturated heterocycles. The highest BCUT2D eigenvalue weighted by molar-refractivity contribution is 5.93. The quantitative estimate of drug-likeness (QED) is 0.0642. The highest BCUT2D eigenvalue weighted by Gasteiger charge is 2.58. The Hall–Kier alpha value is -9.33. The summed E-state index contributed by atoms with van der Waals surface area (Å²) in [7, 11) is 0. The molecular formula is C61H50O18. The molecule has 0 spiro atoms. The fourth-order valence-corrected chi connectivity index (χ4v) is 8.59. The van der Waals surface area contributed by atoms with Crippen LogP contribution in [0.5, 0.6) is 0 Å². The number of hydrogen-bond donors (Lipinski definition) is 1. The maximum absolute atomic E-state index is 14.5. The molecule has 2 aliphatic rings. The van der Waals surface area contributed by atoms with E-state index in [4.69, 9.17) is 47.4 Å². The number of esters is 7. The monoisotopic (exact) mass is 1070 g/mol. The molecule has 0 radical (unpaired) electrons. The molecule has 2 aliphatic heterocycles. The van der Waals surface area contributed by atoms with Gasteiger partial charge in [0.15, 0.2) is 43.1 Å². The first-order valence-electron chi connectivity index (χ1n) is 24.9. The lowest BCUT2D eigenvalue weighted by Crippen LogP contribution is -2.67. The van der Waals surface area contributed by atoms with Gasteiger partial charge in [-0.3, -0.25) is 0 Å². The van der Waals surface area contributed by atoms with Gasteiger partial charge in [0.2, 0.25) is 0 Å². The van der Waals surface area contributed by atoms with Crippen LogP contribution in [0, 0.1) is 0 Å². The normalized spacial score (nSPS) is 22.4. The highest BCUT2D eigenvalue weighted by atomic mass is 16.8. The van der Waals surface area contributed by atoms with Gasteiger partial charge in [0.25, 0.3) is 0 Å². The number of benzene rings is 7. The van der Waals surface area contributed by atoms with E-state index in [0.717, 1.165) is 0 Å². The Morgan fingerprint density at radius 3 is 0.886 bits per heavy atom. The minimum Gasteiger partial charge on any atom is -0.459 e. The molecule has 2 fully saturated rings. The molecule has 7 aromatic rings. The molecule has 10 atom stereocenters. The van der Waals surface area contributed by atoms with Crippen molar-refractivity contribution in [3.8, 4) is 0 Å². The minimum absolute atomic E-state index is 0.00210. The Labute approximate surface area is 452 Å². The van der Waals surface area contributed by atoms with Gasteiger partial charge in [-0.25, -0.2) is 33.6 Å². The van der Waals surface area contributed by atoms with E-state index in [9.17, 15) is 38.7 Å². The average Bonchev–Trinajstić information content (AvgIpc) is 3.51. The van der Waals surface area contributed by atoms with Crippen molar-refractivity contribution < 1.29 is 86.0 Å². The third kappa shape index (κ3) is 13.8. The third-order valence-electron chi connectivity index (χ3n) is 12.5. The van der Waals surface area contributed by atoms with Crippen molar-refractivity contribution in [2.45, 2.75) is 61.4 Å². The van der Waals surface area contributed by atoms with Crippen molar-refractivity contribution in [2.24, 2.45) is 0 Å².